The van der Waals surface area contributed by atoms with Crippen LogP contribution in [0.15, 0.2) is 88.7 Å². The molecule has 6 nitrogen and oxygen atoms in total. The van der Waals surface area contributed by atoms with Crippen molar-refractivity contribution in [1.82, 2.24) is 9.97 Å². The van der Waals surface area contributed by atoms with Crippen LogP contribution in [0.2, 0.25) is 0 Å². The molecule has 0 unspecified atom stereocenters. The highest BCUT2D eigenvalue weighted by atomic mass is 16.5. The maximum atomic E-state index is 6.12. The van der Waals surface area contributed by atoms with Gasteiger partial charge in [-0.3, -0.25) is 9.97 Å². The van der Waals surface area contributed by atoms with E-state index in [-0.39, 0.29) is 6.10 Å². The molecular weight excluding hydrogens is 376 g/mol. The number of nitrogens with two attached hydrogens (primary N) is 1. The van der Waals surface area contributed by atoms with Crippen LogP contribution >= 0.6 is 0 Å². The fourth-order valence-electron chi connectivity index (χ4n) is 3.00. The number of nitrogens with zero attached hydrogens (tertiary/aromatic N) is 3. The van der Waals surface area contributed by atoms with Gasteiger partial charge >= 0.3 is 0 Å². The molecule has 0 aliphatic rings. The third-order valence-corrected chi connectivity index (χ3v) is 4.34. The summed E-state index contributed by atoms with van der Waals surface area (Å²) in [5.41, 5.74) is 9.23. The Balaban J connectivity index is 1.70. The summed E-state index contributed by atoms with van der Waals surface area (Å²) in [5, 5.41) is 0. The van der Waals surface area contributed by atoms with Crippen LogP contribution in [0.1, 0.15) is 19.5 Å². The average Bonchev–Trinajstić information content (AvgIpc) is 3.25. The van der Waals surface area contributed by atoms with Crippen LogP contribution in [-0.2, 0) is 0 Å². The minimum Gasteiger partial charge on any atom is -0.490 e. The first-order valence-electron chi connectivity index (χ1n) is 9.67. The van der Waals surface area contributed by atoms with Crippen molar-refractivity contribution in [2.45, 2.75) is 20.0 Å². The van der Waals surface area contributed by atoms with Crippen molar-refractivity contribution in [2.24, 2.45) is 10.7 Å². The molecule has 30 heavy (non-hydrogen) atoms. The highest BCUT2D eigenvalue weighted by Crippen LogP contribution is 2.37. The lowest BCUT2D eigenvalue weighted by Crippen LogP contribution is -2.14. The first-order valence-corrected chi connectivity index (χ1v) is 9.67. The highest BCUT2D eigenvalue weighted by Gasteiger charge is 2.14. The Labute approximate surface area is 175 Å². The summed E-state index contributed by atoms with van der Waals surface area (Å²) < 4.78 is 12.1. The normalized spacial score (nSPS) is 11.6. The number of furan rings is 1. The molecule has 6 heteroatoms. The quantitative estimate of drug-likeness (QED) is 0.355. The van der Waals surface area contributed by atoms with Crippen molar-refractivity contribution < 1.29 is 9.15 Å². The first kappa shape index (κ1) is 19.4. The Morgan fingerprint density at radius 2 is 1.77 bits per heavy atom. The van der Waals surface area contributed by atoms with Crippen LogP contribution in [-0.4, -0.2) is 21.9 Å². The lowest BCUT2D eigenvalue weighted by molar-refractivity contribution is 0.243. The molecule has 0 radical (unpaired) electrons. The number of aliphatic imine (C=N–C) groups is 1. The lowest BCUT2D eigenvalue weighted by Gasteiger charge is -2.14. The van der Waals surface area contributed by atoms with Gasteiger partial charge in [0.25, 0.3) is 0 Å². The SMILES string of the molecule is CC(C)Oc1cc(N=C(N)c2ccccn2)ccc1-c1ccc(-c2ccncc2)o1. The van der Waals surface area contributed by atoms with Crippen LogP contribution in [0.3, 0.4) is 0 Å². The summed E-state index contributed by atoms with van der Waals surface area (Å²) in [7, 11) is 0. The minimum atomic E-state index is -0.00857. The van der Waals surface area contributed by atoms with E-state index in [4.69, 9.17) is 14.9 Å². The monoisotopic (exact) mass is 398 g/mol. The Hall–Kier alpha value is -3.93. The van der Waals surface area contributed by atoms with Crippen molar-refractivity contribution in [3.8, 4) is 28.4 Å². The number of rotatable bonds is 6. The predicted molar refractivity (Wildman–Crippen MR) is 118 cm³/mol. The van der Waals surface area contributed by atoms with Gasteiger partial charge in [0.1, 0.15) is 28.8 Å². The molecule has 2 N–H and O–H groups in total. The number of hydrogen-bond donors (Lipinski definition) is 1. The van der Waals surface area contributed by atoms with E-state index >= 15 is 0 Å². The van der Waals surface area contributed by atoms with Gasteiger partial charge in [-0.05, 0) is 62.4 Å². The van der Waals surface area contributed by atoms with E-state index in [1.54, 1.807) is 18.6 Å². The molecular formula is C24H22N4O2. The van der Waals surface area contributed by atoms with Crippen LogP contribution in [0, 0.1) is 0 Å². The molecule has 0 aliphatic carbocycles. The Bertz CT molecular complexity index is 1150. The van der Waals surface area contributed by atoms with Gasteiger partial charge in [-0.2, -0.15) is 0 Å². The summed E-state index contributed by atoms with van der Waals surface area (Å²) in [6.45, 7) is 3.96. The molecule has 4 rings (SSSR count). The zero-order valence-electron chi connectivity index (χ0n) is 16.8. The van der Waals surface area contributed by atoms with Gasteiger partial charge < -0.3 is 14.9 Å². The number of benzene rings is 1. The standard InChI is InChI=1S/C24H22N4O2/c1-16(2)29-23-15-18(28-24(25)20-5-3-4-12-27-20)6-7-19(23)22-9-8-21(30-22)17-10-13-26-14-11-17/h3-16H,1-2H3,(H2,25,28). The molecule has 1 aromatic carbocycles. The molecule has 150 valence electrons. The van der Waals surface area contributed by atoms with Crippen molar-refractivity contribution in [2.75, 3.05) is 0 Å². The highest BCUT2D eigenvalue weighted by molar-refractivity contribution is 5.97. The second-order valence-electron chi connectivity index (χ2n) is 6.96. The molecule has 0 amide bonds. The Kier molecular flexibility index (Phi) is 5.57. The smallest absolute Gasteiger partial charge is 0.150 e. The number of amidine groups is 1. The summed E-state index contributed by atoms with van der Waals surface area (Å²) in [4.78, 5) is 12.8. The molecule has 0 aliphatic heterocycles. The maximum absolute atomic E-state index is 6.12. The van der Waals surface area contributed by atoms with E-state index in [2.05, 4.69) is 15.0 Å². The van der Waals surface area contributed by atoms with Gasteiger partial charge in [-0.25, -0.2) is 4.99 Å². The number of pyridine rings is 2. The molecule has 3 aromatic heterocycles. The van der Waals surface area contributed by atoms with Crippen molar-refractivity contribution in [3.05, 3.63) is 84.9 Å². The van der Waals surface area contributed by atoms with Gasteiger partial charge in [0.05, 0.1) is 17.4 Å². The topological polar surface area (TPSA) is 86.5 Å². The Morgan fingerprint density at radius 1 is 0.967 bits per heavy atom. The molecule has 0 saturated carbocycles. The Morgan fingerprint density at radius 3 is 2.50 bits per heavy atom. The largest absolute Gasteiger partial charge is 0.490 e. The van der Waals surface area contributed by atoms with Gasteiger partial charge in [-0.1, -0.05) is 6.07 Å². The molecule has 0 fully saturated rings. The van der Waals surface area contributed by atoms with Crippen LogP contribution < -0.4 is 10.5 Å². The van der Waals surface area contributed by atoms with Gasteiger partial charge in [0, 0.05) is 30.2 Å². The van der Waals surface area contributed by atoms with E-state index in [1.165, 1.54) is 0 Å². The van der Waals surface area contributed by atoms with Crippen molar-refractivity contribution in [3.63, 3.8) is 0 Å². The second-order valence-corrected chi connectivity index (χ2v) is 6.96. The fourth-order valence-corrected chi connectivity index (χ4v) is 3.00. The van der Waals surface area contributed by atoms with Crippen LogP contribution in [0.5, 0.6) is 5.75 Å². The lowest BCUT2D eigenvalue weighted by atomic mass is 10.1. The molecule has 3 heterocycles. The maximum Gasteiger partial charge on any atom is 0.150 e. The zero-order chi connectivity index (χ0) is 20.9. The van der Waals surface area contributed by atoms with E-state index in [9.17, 15) is 0 Å². The van der Waals surface area contributed by atoms with Gasteiger partial charge in [-0.15, -0.1) is 0 Å². The molecule has 4 aromatic rings. The molecule has 0 spiro atoms. The van der Waals surface area contributed by atoms with Gasteiger partial charge in [0.15, 0.2) is 0 Å². The van der Waals surface area contributed by atoms with E-state index in [0.29, 0.717) is 28.7 Å². The van der Waals surface area contributed by atoms with E-state index in [1.807, 2.05) is 74.5 Å². The third kappa shape index (κ3) is 4.38. The second kappa shape index (κ2) is 8.61. The molecule has 0 atom stereocenters. The molecule has 0 bridgehead atoms. The van der Waals surface area contributed by atoms with Gasteiger partial charge in [0.2, 0.25) is 0 Å². The third-order valence-electron chi connectivity index (χ3n) is 4.34. The number of aromatic nitrogens is 2. The van der Waals surface area contributed by atoms with Crippen molar-refractivity contribution in [1.29, 1.82) is 0 Å². The summed E-state index contributed by atoms with van der Waals surface area (Å²) in [5.74, 6) is 2.50. The predicted octanol–water partition coefficient (Wildman–Crippen LogP) is 5.23. The fraction of sp³-hybridized carbons (Fsp3) is 0.125. The molecule has 0 saturated heterocycles. The number of hydrogen-bond acceptors (Lipinski definition) is 5. The minimum absolute atomic E-state index is 0.00857. The number of ether oxygens (including phenoxy) is 1. The summed E-state index contributed by atoms with van der Waals surface area (Å²) >= 11 is 0. The van der Waals surface area contributed by atoms with E-state index < -0.39 is 0 Å². The summed E-state index contributed by atoms with van der Waals surface area (Å²) in [6, 6.07) is 18.9. The van der Waals surface area contributed by atoms with E-state index in [0.717, 1.165) is 16.9 Å². The summed E-state index contributed by atoms with van der Waals surface area (Å²) in [6.07, 6.45) is 5.16. The van der Waals surface area contributed by atoms with Crippen molar-refractivity contribution >= 4 is 11.5 Å². The zero-order valence-corrected chi connectivity index (χ0v) is 16.8. The average molecular weight is 398 g/mol. The van der Waals surface area contributed by atoms with Crippen LogP contribution in [0.25, 0.3) is 22.6 Å². The first-order chi connectivity index (χ1) is 14.6. The van der Waals surface area contributed by atoms with Crippen LogP contribution in [0.4, 0.5) is 5.69 Å².